The molecule has 144 valence electrons. The van der Waals surface area contributed by atoms with Gasteiger partial charge in [0.25, 0.3) is 5.91 Å². The van der Waals surface area contributed by atoms with Crippen molar-refractivity contribution >= 4 is 29.3 Å². The van der Waals surface area contributed by atoms with Gasteiger partial charge in [-0.25, -0.2) is 0 Å². The van der Waals surface area contributed by atoms with Gasteiger partial charge in [0.2, 0.25) is 0 Å². The van der Waals surface area contributed by atoms with Crippen LogP contribution in [0.1, 0.15) is 11.1 Å². The maximum Gasteiger partial charge on any atom is 0.310 e. The summed E-state index contributed by atoms with van der Waals surface area (Å²) in [6.07, 6.45) is 0.0308. The molecule has 3 rings (SSSR count). The number of hydrogen-bond donors (Lipinski definition) is 1. The molecular formula is C20H18N2O5S. The average Bonchev–Trinajstić information content (AvgIpc) is 2.69. The third-order valence-corrected chi connectivity index (χ3v) is 4.54. The van der Waals surface area contributed by atoms with E-state index in [-0.39, 0.29) is 13.0 Å². The van der Waals surface area contributed by atoms with Gasteiger partial charge in [0.1, 0.15) is 18.6 Å². The Hall–Kier alpha value is -3.18. The van der Waals surface area contributed by atoms with Crippen LogP contribution in [0.3, 0.4) is 0 Å². The summed E-state index contributed by atoms with van der Waals surface area (Å²) in [6, 6.07) is 10.5. The summed E-state index contributed by atoms with van der Waals surface area (Å²) in [6.45, 7) is 2.42. The lowest BCUT2D eigenvalue weighted by Crippen LogP contribution is -2.22. The van der Waals surface area contributed by atoms with Gasteiger partial charge in [-0.1, -0.05) is 6.07 Å². The van der Waals surface area contributed by atoms with Crippen LogP contribution in [0.15, 0.2) is 41.3 Å². The molecule has 0 saturated heterocycles. The number of benzene rings is 2. The highest BCUT2D eigenvalue weighted by molar-refractivity contribution is 8.03. The Bertz CT molecular complexity index is 939. The number of nitrogens with zero attached hydrogens (tertiary/aromatic N) is 1. The highest BCUT2D eigenvalue weighted by atomic mass is 32.2. The van der Waals surface area contributed by atoms with E-state index in [0.29, 0.717) is 30.4 Å². The molecule has 28 heavy (non-hydrogen) atoms. The van der Waals surface area contributed by atoms with Crippen LogP contribution < -0.4 is 14.8 Å². The number of aryl methyl sites for hydroxylation is 1. The number of fused-ring (bicyclic) bond motifs is 1. The highest BCUT2D eigenvalue weighted by Crippen LogP contribution is 2.31. The topological polar surface area (TPSA) is 97.7 Å². The van der Waals surface area contributed by atoms with Crippen LogP contribution in [-0.2, 0) is 20.7 Å². The summed E-state index contributed by atoms with van der Waals surface area (Å²) in [4.78, 5) is 24.8. The number of esters is 1. The third-order valence-electron chi connectivity index (χ3n) is 3.95. The fourth-order valence-electron chi connectivity index (χ4n) is 2.64. The van der Waals surface area contributed by atoms with Gasteiger partial charge < -0.3 is 19.5 Å². The quantitative estimate of drug-likeness (QED) is 0.454. The first-order chi connectivity index (χ1) is 13.5. The number of anilines is 1. The van der Waals surface area contributed by atoms with Crippen molar-refractivity contribution in [3.63, 3.8) is 0 Å². The number of ether oxygens (including phenoxy) is 3. The monoisotopic (exact) mass is 398 g/mol. The minimum absolute atomic E-state index is 0.0308. The Morgan fingerprint density at radius 1 is 1.18 bits per heavy atom. The Kier molecular flexibility index (Phi) is 6.40. The number of thioether (sulfide) groups is 1. The lowest BCUT2D eigenvalue weighted by Gasteiger charge is -2.18. The number of rotatable bonds is 6. The first-order valence-electron chi connectivity index (χ1n) is 8.56. The first kappa shape index (κ1) is 19.6. The molecule has 1 aliphatic rings. The number of hydrogen-bond acceptors (Lipinski definition) is 7. The van der Waals surface area contributed by atoms with Crippen molar-refractivity contribution in [3.8, 4) is 16.9 Å². The molecule has 1 aliphatic heterocycles. The zero-order valence-electron chi connectivity index (χ0n) is 15.2. The summed E-state index contributed by atoms with van der Waals surface area (Å²) in [7, 11) is 0. The van der Waals surface area contributed by atoms with Crippen molar-refractivity contribution in [3.05, 3.63) is 47.5 Å². The van der Waals surface area contributed by atoms with E-state index in [4.69, 9.17) is 19.5 Å². The minimum atomic E-state index is -0.510. The van der Waals surface area contributed by atoms with E-state index in [1.54, 1.807) is 36.4 Å². The Morgan fingerprint density at radius 3 is 2.71 bits per heavy atom. The molecule has 0 bridgehead atoms. The zero-order valence-corrected chi connectivity index (χ0v) is 16.0. The van der Waals surface area contributed by atoms with E-state index >= 15 is 0 Å². The molecule has 1 amide bonds. The lowest BCUT2D eigenvalue weighted by molar-refractivity contribution is -0.146. The van der Waals surface area contributed by atoms with E-state index in [9.17, 15) is 9.59 Å². The fourth-order valence-corrected chi connectivity index (χ4v) is 3.12. The van der Waals surface area contributed by atoms with Gasteiger partial charge in [-0.05, 0) is 60.1 Å². The molecule has 0 aromatic heterocycles. The number of carbonyl (C=O) groups is 2. The molecule has 0 unspecified atom stereocenters. The van der Waals surface area contributed by atoms with Gasteiger partial charge in [0.15, 0.2) is 18.1 Å². The van der Waals surface area contributed by atoms with Gasteiger partial charge in [0, 0.05) is 10.6 Å². The number of nitrogens with one attached hydrogen (secondary N) is 1. The van der Waals surface area contributed by atoms with E-state index < -0.39 is 11.9 Å². The summed E-state index contributed by atoms with van der Waals surface area (Å²) in [5, 5.41) is 13.4. The number of thiocyanates is 1. The molecule has 0 aliphatic carbocycles. The van der Waals surface area contributed by atoms with Crippen molar-refractivity contribution in [1.82, 2.24) is 0 Å². The average molecular weight is 398 g/mol. The van der Waals surface area contributed by atoms with E-state index in [0.717, 1.165) is 27.8 Å². The number of nitriles is 1. The normalized spacial score (nSPS) is 12.0. The van der Waals surface area contributed by atoms with Crippen LogP contribution in [0.2, 0.25) is 0 Å². The SMILES string of the molecule is Cc1cc(SC#N)ccc1NC(=O)COC(=O)Cc1ccc2c(c1)OCCO2. The molecule has 2 aromatic carbocycles. The number of carbonyl (C=O) groups excluding carboxylic acids is 2. The summed E-state index contributed by atoms with van der Waals surface area (Å²) in [5.74, 6) is 0.309. The Morgan fingerprint density at radius 2 is 1.96 bits per heavy atom. The molecule has 0 spiro atoms. The van der Waals surface area contributed by atoms with E-state index in [2.05, 4.69) is 5.32 Å². The maximum atomic E-state index is 12.0. The second-order valence-corrected chi connectivity index (χ2v) is 6.89. The van der Waals surface area contributed by atoms with Crippen LogP contribution in [0, 0.1) is 17.6 Å². The summed E-state index contributed by atoms with van der Waals surface area (Å²) < 4.78 is 16.0. The van der Waals surface area contributed by atoms with Crippen LogP contribution in [-0.4, -0.2) is 31.7 Å². The van der Waals surface area contributed by atoms with Crippen LogP contribution in [0.5, 0.6) is 11.5 Å². The van der Waals surface area contributed by atoms with Crippen molar-refractivity contribution in [2.45, 2.75) is 18.2 Å². The third kappa shape index (κ3) is 5.18. The molecule has 0 saturated carbocycles. The molecular weight excluding hydrogens is 380 g/mol. The van der Waals surface area contributed by atoms with Gasteiger partial charge in [0.05, 0.1) is 6.42 Å². The fraction of sp³-hybridized carbons (Fsp3) is 0.250. The van der Waals surface area contributed by atoms with Gasteiger partial charge in [-0.3, -0.25) is 9.59 Å². The predicted molar refractivity (Wildman–Crippen MR) is 103 cm³/mol. The van der Waals surface area contributed by atoms with Crippen molar-refractivity contribution in [1.29, 1.82) is 5.26 Å². The summed E-state index contributed by atoms with van der Waals surface area (Å²) >= 11 is 1.05. The van der Waals surface area contributed by atoms with Crippen LogP contribution >= 0.6 is 11.8 Å². The minimum Gasteiger partial charge on any atom is -0.486 e. The van der Waals surface area contributed by atoms with E-state index in [1.807, 2.05) is 12.3 Å². The van der Waals surface area contributed by atoms with E-state index in [1.165, 1.54) is 0 Å². The maximum absolute atomic E-state index is 12.0. The predicted octanol–water partition coefficient (Wildman–Crippen LogP) is 3.06. The van der Waals surface area contributed by atoms with Gasteiger partial charge in [-0.15, -0.1) is 0 Å². The van der Waals surface area contributed by atoms with Gasteiger partial charge >= 0.3 is 5.97 Å². The first-order valence-corrected chi connectivity index (χ1v) is 9.37. The largest absolute Gasteiger partial charge is 0.486 e. The zero-order chi connectivity index (χ0) is 19.9. The summed E-state index contributed by atoms with van der Waals surface area (Å²) in [5.41, 5.74) is 2.14. The lowest BCUT2D eigenvalue weighted by atomic mass is 10.1. The highest BCUT2D eigenvalue weighted by Gasteiger charge is 2.15. The molecule has 0 radical (unpaired) electrons. The molecule has 8 heteroatoms. The smallest absolute Gasteiger partial charge is 0.310 e. The molecule has 1 heterocycles. The second kappa shape index (κ2) is 9.15. The molecule has 0 atom stereocenters. The molecule has 2 aromatic rings. The number of amides is 1. The Balaban J connectivity index is 1.49. The van der Waals surface area contributed by atoms with Crippen molar-refractivity contribution in [2.75, 3.05) is 25.1 Å². The molecule has 7 nitrogen and oxygen atoms in total. The van der Waals surface area contributed by atoms with Crippen LogP contribution in [0.25, 0.3) is 0 Å². The molecule has 1 N–H and O–H groups in total. The van der Waals surface area contributed by atoms with Crippen molar-refractivity contribution < 1.29 is 23.8 Å². The Labute approximate surface area is 166 Å². The second-order valence-electron chi connectivity index (χ2n) is 6.03. The van der Waals surface area contributed by atoms with Gasteiger partial charge in [-0.2, -0.15) is 5.26 Å². The van der Waals surface area contributed by atoms with Crippen molar-refractivity contribution in [2.24, 2.45) is 0 Å². The standard InChI is InChI=1S/C20H18N2O5S/c1-13-8-15(28-12-21)3-4-16(13)22-19(23)11-27-20(24)10-14-2-5-17-18(9-14)26-7-6-25-17/h2-5,8-9H,6-7,10-11H2,1H3,(H,22,23). The molecule has 0 fully saturated rings. The van der Waals surface area contributed by atoms with Crippen LogP contribution in [0.4, 0.5) is 5.69 Å².